The van der Waals surface area contributed by atoms with Gasteiger partial charge in [-0.25, -0.2) is 0 Å². The van der Waals surface area contributed by atoms with Crippen LogP contribution in [0.2, 0.25) is 5.02 Å². The number of nitro groups is 1. The first-order valence-electron chi connectivity index (χ1n) is 5.32. The molecule has 0 amide bonds. The molecule has 0 heterocycles. The number of nitro benzene ring substituents is 1. The molecule has 0 radical (unpaired) electrons. The summed E-state index contributed by atoms with van der Waals surface area (Å²) in [6, 6.07) is 10.8. The van der Waals surface area contributed by atoms with Gasteiger partial charge in [0, 0.05) is 16.6 Å². The molecule has 0 spiro atoms. The lowest BCUT2D eigenvalue weighted by Crippen LogP contribution is -1.93. The van der Waals surface area contributed by atoms with E-state index >= 15 is 0 Å². The Hall–Kier alpha value is -2.10. The fourth-order valence-electron chi connectivity index (χ4n) is 1.50. The normalized spacial score (nSPS) is 9.85. The van der Waals surface area contributed by atoms with Crippen molar-refractivity contribution in [2.24, 2.45) is 0 Å². The van der Waals surface area contributed by atoms with Crippen LogP contribution in [0.25, 0.3) is 0 Å². The van der Waals surface area contributed by atoms with Gasteiger partial charge in [-0.15, -0.1) is 0 Å². The molecule has 2 rings (SSSR count). The average molecular weight is 354 g/mol. The van der Waals surface area contributed by atoms with E-state index < -0.39 is 4.92 Å². The van der Waals surface area contributed by atoms with Crippen LogP contribution < -0.4 is 4.74 Å². The number of halogens is 2. The minimum absolute atomic E-state index is 0.0963. The zero-order valence-corrected chi connectivity index (χ0v) is 12.2. The predicted octanol–water partition coefficient (Wildman–Crippen LogP) is 4.67. The van der Waals surface area contributed by atoms with Crippen molar-refractivity contribution in [3.05, 3.63) is 61.6 Å². The Balaban J connectivity index is 2.38. The van der Waals surface area contributed by atoms with Crippen LogP contribution in [0, 0.1) is 21.4 Å². The van der Waals surface area contributed by atoms with E-state index in [2.05, 4.69) is 15.9 Å². The third-order valence-electron chi connectivity index (χ3n) is 2.41. The summed E-state index contributed by atoms with van der Waals surface area (Å²) in [6.07, 6.45) is 0. The minimum atomic E-state index is -0.536. The predicted molar refractivity (Wildman–Crippen MR) is 77.0 cm³/mol. The monoisotopic (exact) mass is 352 g/mol. The summed E-state index contributed by atoms with van der Waals surface area (Å²) >= 11 is 9.04. The number of benzene rings is 2. The van der Waals surface area contributed by atoms with Crippen LogP contribution in [0.4, 0.5) is 5.69 Å². The van der Waals surface area contributed by atoms with Gasteiger partial charge in [-0.2, -0.15) is 5.26 Å². The third-order valence-corrected chi connectivity index (χ3v) is 3.21. The van der Waals surface area contributed by atoms with Gasteiger partial charge in [0.15, 0.2) is 0 Å². The van der Waals surface area contributed by atoms with Crippen molar-refractivity contribution >= 4 is 33.2 Å². The Bertz CT molecular complexity index is 728. The van der Waals surface area contributed by atoms with E-state index in [0.717, 1.165) is 0 Å². The molecule has 0 aliphatic rings. The van der Waals surface area contributed by atoms with Crippen LogP contribution >= 0.6 is 27.5 Å². The molecule has 0 unspecified atom stereocenters. The molecule has 0 saturated carbocycles. The van der Waals surface area contributed by atoms with Crippen LogP contribution in [0.3, 0.4) is 0 Å². The third kappa shape index (κ3) is 3.07. The van der Waals surface area contributed by atoms with Crippen molar-refractivity contribution in [1.82, 2.24) is 0 Å². The van der Waals surface area contributed by atoms with Crippen molar-refractivity contribution in [1.29, 1.82) is 5.26 Å². The Kier molecular flexibility index (Phi) is 4.23. The van der Waals surface area contributed by atoms with Crippen molar-refractivity contribution in [2.45, 2.75) is 0 Å². The molecule has 0 bridgehead atoms. The maximum Gasteiger partial charge on any atom is 0.312 e. The second-order valence-corrected chi connectivity index (χ2v) is 5.05. The Labute approximate surface area is 127 Å². The van der Waals surface area contributed by atoms with Gasteiger partial charge in [0.25, 0.3) is 0 Å². The quantitative estimate of drug-likeness (QED) is 0.593. The van der Waals surface area contributed by atoms with Gasteiger partial charge < -0.3 is 4.74 Å². The van der Waals surface area contributed by atoms with Gasteiger partial charge >= 0.3 is 5.69 Å². The van der Waals surface area contributed by atoms with Crippen LogP contribution in [0.5, 0.6) is 11.5 Å². The maximum atomic E-state index is 11.0. The van der Waals surface area contributed by atoms with E-state index in [-0.39, 0.29) is 16.5 Å². The molecule has 0 saturated heterocycles. The summed E-state index contributed by atoms with van der Waals surface area (Å²) in [5, 5.41) is 20.0. The van der Waals surface area contributed by atoms with E-state index in [1.54, 1.807) is 6.07 Å². The molecule has 100 valence electrons. The number of hydrogen-bond acceptors (Lipinski definition) is 4. The highest BCUT2D eigenvalue weighted by molar-refractivity contribution is 9.10. The van der Waals surface area contributed by atoms with Crippen molar-refractivity contribution in [2.75, 3.05) is 0 Å². The molecule has 0 N–H and O–H groups in total. The molecule has 2 aromatic rings. The first-order valence-corrected chi connectivity index (χ1v) is 6.50. The number of nitrogens with zero attached hydrogens (tertiary/aromatic N) is 2. The fourth-order valence-corrected chi connectivity index (χ4v) is 2.06. The van der Waals surface area contributed by atoms with Gasteiger partial charge in [-0.1, -0.05) is 27.5 Å². The highest BCUT2D eigenvalue weighted by atomic mass is 79.9. The molecule has 0 aliphatic heterocycles. The topological polar surface area (TPSA) is 76.2 Å². The van der Waals surface area contributed by atoms with E-state index in [4.69, 9.17) is 21.6 Å². The summed E-state index contributed by atoms with van der Waals surface area (Å²) < 4.78 is 6.03. The molecule has 0 aromatic heterocycles. The molecule has 7 heteroatoms. The second-order valence-electron chi connectivity index (χ2n) is 3.72. The Morgan fingerprint density at radius 3 is 2.65 bits per heavy atom. The van der Waals surface area contributed by atoms with Crippen molar-refractivity contribution in [3.8, 4) is 17.6 Å². The summed E-state index contributed by atoms with van der Waals surface area (Å²) in [7, 11) is 0. The SMILES string of the molecule is N#Cc1ccc(Oc2ccc(Br)cc2[N+](=O)[O-])cc1Cl. The highest BCUT2D eigenvalue weighted by Gasteiger charge is 2.16. The molecular weight excluding hydrogens is 348 g/mol. The van der Waals surface area contributed by atoms with Crippen LogP contribution in [-0.2, 0) is 0 Å². The van der Waals surface area contributed by atoms with E-state index in [0.29, 0.717) is 15.8 Å². The van der Waals surface area contributed by atoms with Gasteiger partial charge in [0.1, 0.15) is 11.8 Å². The van der Waals surface area contributed by atoms with E-state index in [9.17, 15) is 10.1 Å². The second kappa shape index (κ2) is 5.90. The zero-order chi connectivity index (χ0) is 14.7. The maximum absolute atomic E-state index is 11.0. The van der Waals surface area contributed by atoms with Gasteiger partial charge in [0.2, 0.25) is 5.75 Å². The largest absolute Gasteiger partial charge is 0.450 e. The lowest BCUT2D eigenvalue weighted by Gasteiger charge is -2.07. The molecule has 0 aliphatic carbocycles. The summed E-state index contributed by atoms with van der Waals surface area (Å²) in [5.41, 5.74) is 0.143. The lowest BCUT2D eigenvalue weighted by molar-refractivity contribution is -0.385. The number of ether oxygens (including phenoxy) is 1. The summed E-state index contributed by atoms with van der Waals surface area (Å²) in [5.74, 6) is 0.415. The molecular formula is C13H6BrClN2O3. The van der Waals surface area contributed by atoms with Gasteiger partial charge in [-0.3, -0.25) is 10.1 Å². The summed E-state index contributed by atoms with van der Waals surface area (Å²) in [6.45, 7) is 0. The molecule has 0 fully saturated rings. The zero-order valence-electron chi connectivity index (χ0n) is 9.84. The Morgan fingerprint density at radius 2 is 2.05 bits per heavy atom. The molecule has 0 atom stereocenters. The van der Waals surface area contributed by atoms with Crippen LogP contribution in [0.15, 0.2) is 40.9 Å². The molecule has 20 heavy (non-hydrogen) atoms. The van der Waals surface area contributed by atoms with Crippen LogP contribution in [0.1, 0.15) is 5.56 Å². The first-order chi connectivity index (χ1) is 9.51. The standard InChI is InChI=1S/C13H6BrClN2O3/c14-9-2-4-13(12(5-9)17(18)19)20-10-3-1-8(7-16)11(15)6-10/h1-6H. The minimum Gasteiger partial charge on any atom is -0.450 e. The van der Waals surface area contributed by atoms with Crippen LogP contribution in [-0.4, -0.2) is 4.92 Å². The van der Waals surface area contributed by atoms with Gasteiger partial charge in [0.05, 0.1) is 15.5 Å². The lowest BCUT2D eigenvalue weighted by atomic mass is 10.2. The number of nitriles is 1. The molecule has 2 aromatic carbocycles. The van der Waals surface area contributed by atoms with E-state index in [1.807, 2.05) is 6.07 Å². The fraction of sp³-hybridized carbons (Fsp3) is 0. The summed E-state index contributed by atoms with van der Waals surface area (Å²) in [4.78, 5) is 10.4. The molecule has 5 nitrogen and oxygen atoms in total. The number of hydrogen-bond donors (Lipinski definition) is 0. The van der Waals surface area contributed by atoms with Crippen molar-refractivity contribution in [3.63, 3.8) is 0 Å². The average Bonchev–Trinajstić information content (AvgIpc) is 2.41. The first kappa shape index (κ1) is 14.3. The van der Waals surface area contributed by atoms with Crippen molar-refractivity contribution < 1.29 is 9.66 Å². The number of rotatable bonds is 3. The van der Waals surface area contributed by atoms with E-state index in [1.165, 1.54) is 30.3 Å². The van der Waals surface area contributed by atoms with Gasteiger partial charge in [-0.05, 0) is 24.3 Å². The highest BCUT2D eigenvalue weighted by Crippen LogP contribution is 2.34. The Morgan fingerprint density at radius 1 is 1.30 bits per heavy atom. The smallest absolute Gasteiger partial charge is 0.312 e.